The Morgan fingerprint density at radius 1 is 1.27 bits per heavy atom. The second-order valence-corrected chi connectivity index (χ2v) is 5.23. The molecule has 0 N–H and O–H groups in total. The molecular weight excluding hydrogens is 293 g/mol. The first-order chi connectivity index (χ1) is 10.3. The van der Waals surface area contributed by atoms with Crippen LogP contribution in [-0.2, 0) is 15.7 Å². The molecule has 0 aromatic heterocycles. The maximum absolute atomic E-state index is 12.5. The van der Waals surface area contributed by atoms with Gasteiger partial charge in [0.25, 0.3) is 0 Å². The number of halogens is 3. The molecule has 0 aliphatic heterocycles. The van der Waals surface area contributed by atoms with Crippen molar-refractivity contribution in [1.82, 2.24) is 0 Å². The third kappa shape index (κ3) is 3.24. The van der Waals surface area contributed by atoms with Gasteiger partial charge >= 0.3 is 12.1 Å². The summed E-state index contributed by atoms with van der Waals surface area (Å²) in [5, 5.41) is 0. The van der Waals surface area contributed by atoms with Crippen molar-refractivity contribution in [1.29, 1.82) is 0 Å². The Labute approximate surface area is 127 Å². The standard InChI is InChI=1S/C17H17F3O2/c1-3-4-14-11-16(14,15(21)22-2)10-9-12-5-7-13(8-6-12)17(18,19)20/h5-11H,3-4H2,1-2H3/b10-9+/t16-/m0/s1. The number of ether oxygens (including phenoxy) is 1. The van der Waals surface area contributed by atoms with Gasteiger partial charge in [-0.2, -0.15) is 13.2 Å². The van der Waals surface area contributed by atoms with E-state index in [1.807, 2.05) is 13.0 Å². The quantitative estimate of drug-likeness (QED) is 0.586. The van der Waals surface area contributed by atoms with Crippen LogP contribution in [0.4, 0.5) is 13.2 Å². The van der Waals surface area contributed by atoms with Gasteiger partial charge in [-0.25, -0.2) is 0 Å². The predicted octanol–water partition coefficient (Wildman–Crippen LogP) is 4.62. The zero-order chi connectivity index (χ0) is 16.4. The van der Waals surface area contributed by atoms with Gasteiger partial charge in [-0.1, -0.05) is 43.7 Å². The molecule has 1 atom stereocenters. The van der Waals surface area contributed by atoms with Crippen LogP contribution in [-0.4, -0.2) is 13.1 Å². The highest BCUT2D eigenvalue weighted by atomic mass is 19.4. The van der Waals surface area contributed by atoms with Crippen molar-refractivity contribution >= 4 is 12.0 Å². The fourth-order valence-corrected chi connectivity index (χ4v) is 2.38. The Morgan fingerprint density at radius 3 is 2.41 bits per heavy atom. The summed E-state index contributed by atoms with van der Waals surface area (Å²) in [4.78, 5) is 11.9. The summed E-state index contributed by atoms with van der Waals surface area (Å²) in [6, 6.07) is 4.81. The van der Waals surface area contributed by atoms with Crippen LogP contribution in [0, 0.1) is 5.41 Å². The molecule has 0 fully saturated rings. The first kappa shape index (κ1) is 16.3. The van der Waals surface area contributed by atoms with Crippen LogP contribution in [0.25, 0.3) is 6.08 Å². The van der Waals surface area contributed by atoms with E-state index in [4.69, 9.17) is 4.74 Å². The summed E-state index contributed by atoms with van der Waals surface area (Å²) < 4.78 is 42.3. The number of carbonyl (C=O) groups is 1. The highest BCUT2D eigenvalue weighted by Crippen LogP contribution is 2.49. The number of hydrogen-bond acceptors (Lipinski definition) is 2. The Bertz CT molecular complexity index is 612. The number of hydrogen-bond donors (Lipinski definition) is 0. The van der Waals surface area contributed by atoms with Crippen molar-refractivity contribution in [2.24, 2.45) is 5.41 Å². The third-order valence-corrected chi connectivity index (χ3v) is 3.67. The van der Waals surface area contributed by atoms with Crippen molar-refractivity contribution in [3.8, 4) is 0 Å². The van der Waals surface area contributed by atoms with Crippen molar-refractivity contribution in [3.63, 3.8) is 0 Å². The zero-order valence-electron chi connectivity index (χ0n) is 12.4. The average Bonchev–Trinajstić information content (AvgIpc) is 3.19. The maximum atomic E-state index is 12.5. The van der Waals surface area contributed by atoms with Gasteiger partial charge < -0.3 is 4.74 Å². The monoisotopic (exact) mass is 310 g/mol. The minimum Gasteiger partial charge on any atom is -0.468 e. The maximum Gasteiger partial charge on any atom is 0.416 e. The van der Waals surface area contributed by atoms with Crippen LogP contribution in [0.3, 0.4) is 0 Å². The van der Waals surface area contributed by atoms with Gasteiger partial charge in [0.1, 0.15) is 5.41 Å². The first-order valence-electron chi connectivity index (χ1n) is 7.00. The lowest BCUT2D eigenvalue weighted by atomic mass is 9.96. The molecule has 22 heavy (non-hydrogen) atoms. The van der Waals surface area contributed by atoms with E-state index in [2.05, 4.69) is 0 Å². The van der Waals surface area contributed by atoms with Gasteiger partial charge in [-0.3, -0.25) is 4.79 Å². The number of methoxy groups -OCH3 is 1. The molecule has 2 nitrogen and oxygen atoms in total. The normalized spacial score (nSPS) is 20.9. The lowest BCUT2D eigenvalue weighted by molar-refractivity contribution is -0.144. The van der Waals surface area contributed by atoms with E-state index < -0.39 is 17.2 Å². The number of esters is 1. The van der Waals surface area contributed by atoms with E-state index in [9.17, 15) is 18.0 Å². The molecule has 0 unspecified atom stereocenters. The summed E-state index contributed by atoms with van der Waals surface area (Å²) in [6.45, 7) is 2.01. The fourth-order valence-electron chi connectivity index (χ4n) is 2.38. The fraction of sp³-hybridized carbons (Fsp3) is 0.353. The van der Waals surface area contributed by atoms with Crippen molar-refractivity contribution in [2.75, 3.05) is 7.11 Å². The van der Waals surface area contributed by atoms with Gasteiger partial charge in [0.05, 0.1) is 12.7 Å². The molecule has 1 aromatic rings. The van der Waals surface area contributed by atoms with Crippen molar-refractivity contribution in [3.05, 3.63) is 53.1 Å². The SMILES string of the molecule is CCCC1=C[C@]1(/C=C/c1ccc(C(F)(F)F)cc1)C(=O)OC. The van der Waals surface area contributed by atoms with Gasteiger partial charge in [0.15, 0.2) is 0 Å². The molecule has 2 rings (SSSR count). The highest BCUT2D eigenvalue weighted by Gasteiger charge is 2.48. The molecule has 1 aliphatic carbocycles. The van der Waals surface area contributed by atoms with Crippen LogP contribution >= 0.6 is 0 Å². The van der Waals surface area contributed by atoms with Gasteiger partial charge in [0, 0.05) is 0 Å². The number of rotatable bonds is 5. The zero-order valence-corrected chi connectivity index (χ0v) is 12.4. The lowest BCUT2D eigenvalue weighted by Gasteiger charge is -2.11. The molecule has 118 valence electrons. The van der Waals surface area contributed by atoms with Crippen LogP contribution in [0.1, 0.15) is 30.9 Å². The van der Waals surface area contributed by atoms with Crippen LogP contribution in [0.2, 0.25) is 0 Å². The molecule has 0 amide bonds. The summed E-state index contributed by atoms with van der Waals surface area (Å²) in [5.74, 6) is -0.362. The summed E-state index contributed by atoms with van der Waals surface area (Å²) >= 11 is 0. The van der Waals surface area contributed by atoms with Crippen LogP contribution in [0.5, 0.6) is 0 Å². The van der Waals surface area contributed by atoms with E-state index in [0.717, 1.165) is 30.5 Å². The topological polar surface area (TPSA) is 26.3 Å². The molecule has 1 aliphatic rings. The number of alkyl halides is 3. The largest absolute Gasteiger partial charge is 0.468 e. The first-order valence-corrected chi connectivity index (χ1v) is 7.00. The van der Waals surface area contributed by atoms with E-state index >= 15 is 0 Å². The van der Waals surface area contributed by atoms with Crippen LogP contribution < -0.4 is 0 Å². The summed E-state index contributed by atoms with van der Waals surface area (Å²) in [7, 11) is 1.33. The Hall–Kier alpha value is -2.04. The average molecular weight is 310 g/mol. The molecule has 0 radical (unpaired) electrons. The minimum absolute atomic E-state index is 0.362. The Kier molecular flexibility index (Phi) is 4.44. The molecule has 0 heterocycles. The summed E-state index contributed by atoms with van der Waals surface area (Å²) in [6.07, 6.45) is 2.54. The molecule has 0 bridgehead atoms. The Morgan fingerprint density at radius 2 is 1.91 bits per heavy atom. The van der Waals surface area contributed by atoms with Gasteiger partial charge in [-0.05, 0) is 29.7 Å². The van der Waals surface area contributed by atoms with E-state index in [1.54, 1.807) is 12.2 Å². The summed E-state index contributed by atoms with van der Waals surface area (Å²) in [5.41, 5.74) is 0.0916. The third-order valence-electron chi connectivity index (χ3n) is 3.67. The van der Waals surface area contributed by atoms with Crippen molar-refractivity contribution in [2.45, 2.75) is 25.9 Å². The van der Waals surface area contributed by atoms with Gasteiger partial charge in [0.2, 0.25) is 0 Å². The van der Waals surface area contributed by atoms with Crippen molar-refractivity contribution < 1.29 is 22.7 Å². The van der Waals surface area contributed by atoms with Gasteiger partial charge in [-0.15, -0.1) is 0 Å². The number of carbonyl (C=O) groups excluding carboxylic acids is 1. The molecular formula is C17H17F3O2. The second kappa shape index (κ2) is 5.99. The smallest absolute Gasteiger partial charge is 0.416 e. The lowest BCUT2D eigenvalue weighted by Crippen LogP contribution is -2.18. The van der Waals surface area contributed by atoms with E-state index in [0.29, 0.717) is 5.56 Å². The number of benzene rings is 1. The molecule has 0 saturated carbocycles. The minimum atomic E-state index is -4.35. The highest BCUT2D eigenvalue weighted by molar-refractivity contribution is 5.92. The van der Waals surface area contributed by atoms with E-state index in [-0.39, 0.29) is 5.97 Å². The predicted molar refractivity (Wildman–Crippen MR) is 77.9 cm³/mol. The molecule has 0 spiro atoms. The second-order valence-electron chi connectivity index (χ2n) is 5.23. The molecule has 1 aromatic carbocycles. The molecule has 0 saturated heterocycles. The molecule has 5 heteroatoms. The van der Waals surface area contributed by atoms with E-state index in [1.165, 1.54) is 19.2 Å². The Balaban J connectivity index is 2.15. The van der Waals surface area contributed by atoms with Crippen LogP contribution in [0.15, 0.2) is 42.0 Å².